The van der Waals surface area contributed by atoms with Crippen LogP contribution in [0.3, 0.4) is 0 Å². The molecule has 14 heavy (non-hydrogen) atoms. The molecule has 0 spiro atoms. The van der Waals surface area contributed by atoms with Crippen molar-refractivity contribution in [1.82, 2.24) is 10.3 Å². The maximum atomic E-state index is 11.4. The predicted octanol–water partition coefficient (Wildman–Crippen LogP) is 0.873. The molecule has 0 fully saturated rings. The van der Waals surface area contributed by atoms with Crippen molar-refractivity contribution in [3.8, 4) is 6.07 Å². The van der Waals surface area contributed by atoms with E-state index in [9.17, 15) is 4.79 Å². The zero-order valence-electron chi connectivity index (χ0n) is 8.07. The molecule has 0 radical (unpaired) electrons. The fraction of sp³-hybridized carbons (Fsp3) is 0.444. The number of amides is 1. The van der Waals surface area contributed by atoms with Crippen LogP contribution in [0.15, 0.2) is 10.8 Å². The normalized spacial score (nSPS) is 11.8. The topological polar surface area (TPSA) is 78.9 Å². The zero-order chi connectivity index (χ0) is 10.6. The van der Waals surface area contributed by atoms with E-state index in [0.717, 1.165) is 0 Å². The second-order valence-electron chi connectivity index (χ2n) is 3.01. The number of aryl methyl sites for hydroxylation is 1. The highest BCUT2D eigenvalue weighted by molar-refractivity contribution is 5.92. The monoisotopic (exact) mass is 193 g/mol. The summed E-state index contributed by atoms with van der Waals surface area (Å²) in [5.41, 5.74) is 0.548. The number of aromatic nitrogens is 1. The lowest BCUT2D eigenvalue weighted by molar-refractivity contribution is 0.0922. The van der Waals surface area contributed by atoms with E-state index in [1.807, 2.05) is 6.07 Å². The second-order valence-corrected chi connectivity index (χ2v) is 3.01. The van der Waals surface area contributed by atoms with Gasteiger partial charge in [-0.05, 0) is 13.8 Å². The molecule has 0 saturated heterocycles. The SMILES string of the molecule is Cc1ncoc1C(=O)NCC(C)C#N. The molecule has 1 aromatic heterocycles. The van der Waals surface area contributed by atoms with Crippen molar-refractivity contribution in [2.75, 3.05) is 6.54 Å². The van der Waals surface area contributed by atoms with E-state index in [4.69, 9.17) is 9.68 Å². The molecule has 1 N–H and O–H groups in total. The molecule has 0 bridgehead atoms. The van der Waals surface area contributed by atoms with Crippen LogP contribution in [0.4, 0.5) is 0 Å². The summed E-state index contributed by atoms with van der Waals surface area (Å²) < 4.78 is 4.89. The molecule has 1 atom stereocenters. The smallest absolute Gasteiger partial charge is 0.289 e. The average molecular weight is 193 g/mol. The molecule has 0 saturated carbocycles. The number of hydrogen-bond donors (Lipinski definition) is 1. The Bertz CT molecular complexity index is 364. The van der Waals surface area contributed by atoms with Crippen LogP contribution < -0.4 is 5.32 Å². The summed E-state index contributed by atoms with van der Waals surface area (Å²) in [5.74, 6) is -0.334. The van der Waals surface area contributed by atoms with Gasteiger partial charge in [-0.3, -0.25) is 4.79 Å². The number of rotatable bonds is 3. The van der Waals surface area contributed by atoms with E-state index in [1.165, 1.54) is 6.39 Å². The van der Waals surface area contributed by atoms with E-state index >= 15 is 0 Å². The van der Waals surface area contributed by atoms with Gasteiger partial charge in [0.1, 0.15) is 0 Å². The van der Waals surface area contributed by atoms with Crippen molar-refractivity contribution in [1.29, 1.82) is 5.26 Å². The van der Waals surface area contributed by atoms with Crippen molar-refractivity contribution in [3.63, 3.8) is 0 Å². The highest BCUT2D eigenvalue weighted by atomic mass is 16.3. The number of hydrogen-bond acceptors (Lipinski definition) is 4. The summed E-state index contributed by atoms with van der Waals surface area (Å²) >= 11 is 0. The number of nitrogens with zero attached hydrogens (tertiary/aromatic N) is 2. The molecular weight excluding hydrogens is 182 g/mol. The van der Waals surface area contributed by atoms with Crippen LogP contribution >= 0.6 is 0 Å². The summed E-state index contributed by atoms with van der Waals surface area (Å²) in [6.07, 6.45) is 1.22. The van der Waals surface area contributed by atoms with Gasteiger partial charge in [-0.2, -0.15) is 5.26 Å². The van der Waals surface area contributed by atoms with Crippen LogP contribution in [-0.4, -0.2) is 17.4 Å². The molecule has 0 aliphatic carbocycles. The summed E-state index contributed by atoms with van der Waals surface area (Å²) in [7, 11) is 0. The van der Waals surface area contributed by atoms with Crippen LogP contribution in [0.5, 0.6) is 0 Å². The van der Waals surface area contributed by atoms with Crippen LogP contribution in [0.25, 0.3) is 0 Å². The standard InChI is InChI=1S/C9H11N3O2/c1-6(3-10)4-11-9(13)8-7(2)12-5-14-8/h5-6H,4H2,1-2H3,(H,11,13). The van der Waals surface area contributed by atoms with Crippen molar-refractivity contribution < 1.29 is 9.21 Å². The van der Waals surface area contributed by atoms with Gasteiger partial charge >= 0.3 is 0 Å². The summed E-state index contributed by atoms with van der Waals surface area (Å²) in [5, 5.41) is 11.1. The average Bonchev–Trinajstić information content (AvgIpc) is 2.60. The van der Waals surface area contributed by atoms with E-state index in [2.05, 4.69) is 10.3 Å². The quantitative estimate of drug-likeness (QED) is 0.772. The highest BCUT2D eigenvalue weighted by Gasteiger charge is 2.13. The first-order valence-electron chi connectivity index (χ1n) is 4.23. The fourth-order valence-electron chi connectivity index (χ4n) is 0.892. The minimum absolute atomic E-state index is 0.204. The fourth-order valence-corrected chi connectivity index (χ4v) is 0.892. The molecule has 1 amide bonds. The largest absolute Gasteiger partial charge is 0.438 e. The van der Waals surface area contributed by atoms with E-state index < -0.39 is 0 Å². The molecule has 1 aromatic rings. The molecule has 5 nitrogen and oxygen atoms in total. The first-order chi connectivity index (χ1) is 6.65. The van der Waals surface area contributed by atoms with Crippen molar-refractivity contribution in [2.24, 2.45) is 5.92 Å². The van der Waals surface area contributed by atoms with Crippen LogP contribution in [0.2, 0.25) is 0 Å². The Labute approximate surface area is 81.7 Å². The van der Waals surface area contributed by atoms with Crippen molar-refractivity contribution in [3.05, 3.63) is 17.8 Å². The lowest BCUT2D eigenvalue weighted by Gasteiger charge is -2.03. The minimum atomic E-state index is -0.331. The number of oxazole rings is 1. The van der Waals surface area contributed by atoms with Gasteiger partial charge in [-0.15, -0.1) is 0 Å². The van der Waals surface area contributed by atoms with Gasteiger partial charge in [-0.1, -0.05) is 0 Å². The van der Waals surface area contributed by atoms with Gasteiger partial charge in [0.15, 0.2) is 6.39 Å². The Morgan fingerprint density at radius 3 is 3.07 bits per heavy atom. The molecular formula is C9H11N3O2. The Hall–Kier alpha value is -1.83. The van der Waals surface area contributed by atoms with E-state index in [0.29, 0.717) is 12.2 Å². The number of nitriles is 1. The van der Waals surface area contributed by atoms with Crippen LogP contribution in [-0.2, 0) is 0 Å². The Morgan fingerprint density at radius 1 is 1.86 bits per heavy atom. The third-order valence-corrected chi connectivity index (χ3v) is 1.74. The van der Waals surface area contributed by atoms with Crippen LogP contribution in [0.1, 0.15) is 23.2 Å². The summed E-state index contributed by atoms with van der Waals surface area (Å²) in [6.45, 7) is 3.73. The number of carbonyl (C=O) groups excluding carboxylic acids is 1. The zero-order valence-corrected chi connectivity index (χ0v) is 8.07. The maximum absolute atomic E-state index is 11.4. The second kappa shape index (κ2) is 4.42. The van der Waals surface area contributed by atoms with Gasteiger partial charge in [0.25, 0.3) is 5.91 Å². The van der Waals surface area contributed by atoms with Gasteiger partial charge in [0.05, 0.1) is 17.7 Å². The van der Waals surface area contributed by atoms with Gasteiger partial charge in [0.2, 0.25) is 5.76 Å². The molecule has 1 rings (SSSR count). The predicted molar refractivity (Wildman–Crippen MR) is 48.4 cm³/mol. The van der Waals surface area contributed by atoms with Gasteiger partial charge < -0.3 is 9.73 Å². The first kappa shape index (κ1) is 10.3. The third kappa shape index (κ3) is 2.33. The molecule has 74 valence electrons. The molecule has 0 aliphatic rings. The Morgan fingerprint density at radius 2 is 2.57 bits per heavy atom. The van der Waals surface area contributed by atoms with Gasteiger partial charge in [0, 0.05) is 6.54 Å². The summed E-state index contributed by atoms with van der Waals surface area (Å²) in [4.78, 5) is 15.2. The Kier molecular flexibility index (Phi) is 3.24. The Balaban J connectivity index is 2.53. The number of nitrogens with one attached hydrogen (secondary N) is 1. The molecule has 0 aliphatic heterocycles. The van der Waals surface area contributed by atoms with Crippen LogP contribution in [0, 0.1) is 24.2 Å². The minimum Gasteiger partial charge on any atom is -0.438 e. The van der Waals surface area contributed by atoms with Crippen molar-refractivity contribution in [2.45, 2.75) is 13.8 Å². The maximum Gasteiger partial charge on any atom is 0.289 e. The molecule has 0 aromatic carbocycles. The lowest BCUT2D eigenvalue weighted by atomic mass is 10.2. The first-order valence-corrected chi connectivity index (χ1v) is 4.23. The molecule has 1 unspecified atom stereocenters. The lowest BCUT2D eigenvalue weighted by Crippen LogP contribution is -2.27. The van der Waals surface area contributed by atoms with Gasteiger partial charge in [-0.25, -0.2) is 4.98 Å². The summed E-state index contributed by atoms with van der Waals surface area (Å²) in [6, 6.07) is 2.02. The molecule has 5 heteroatoms. The third-order valence-electron chi connectivity index (χ3n) is 1.74. The van der Waals surface area contributed by atoms with Crippen molar-refractivity contribution >= 4 is 5.91 Å². The van der Waals surface area contributed by atoms with E-state index in [1.54, 1.807) is 13.8 Å². The number of carbonyl (C=O) groups is 1. The highest BCUT2D eigenvalue weighted by Crippen LogP contribution is 2.04. The van der Waals surface area contributed by atoms with E-state index in [-0.39, 0.29) is 17.6 Å². The molecule has 1 heterocycles.